The molecule has 1 aliphatic carbocycles. The highest BCUT2D eigenvalue weighted by Crippen LogP contribution is 2.35. The van der Waals surface area contributed by atoms with Crippen molar-refractivity contribution >= 4 is 29.0 Å². The summed E-state index contributed by atoms with van der Waals surface area (Å²) >= 11 is 5.27. The first-order valence-corrected chi connectivity index (χ1v) is 9.54. The van der Waals surface area contributed by atoms with Crippen LogP contribution in [-0.2, 0) is 13.0 Å². The number of carbonyl (C=O) groups is 1. The van der Waals surface area contributed by atoms with Crippen LogP contribution in [-0.4, -0.2) is 27.4 Å². The second-order valence-electron chi connectivity index (χ2n) is 6.91. The third kappa shape index (κ3) is 2.90. The molecule has 5 nitrogen and oxygen atoms in total. The molecule has 1 aliphatic rings. The molecular formula is C21H21N3O2S. The van der Waals surface area contributed by atoms with Crippen molar-refractivity contribution < 1.29 is 4.79 Å². The van der Waals surface area contributed by atoms with Gasteiger partial charge in [-0.25, -0.2) is 0 Å². The van der Waals surface area contributed by atoms with Gasteiger partial charge < -0.3 is 9.88 Å². The van der Waals surface area contributed by atoms with Crippen molar-refractivity contribution in [3.8, 4) is 0 Å². The molecule has 0 radical (unpaired) electrons. The Morgan fingerprint density at radius 3 is 2.85 bits per heavy atom. The van der Waals surface area contributed by atoms with Gasteiger partial charge in [-0.1, -0.05) is 24.3 Å². The largest absolute Gasteiger partial charge is 0.335 e. The molecule has 6 heteroatoms. The maximum atomic E-state index is 13.1. The minimum Gasteiger partial charge on any atom is -0.335 e. The molecule has 2 aromatic carbocycles. The summed E-state index contributed by atoms with van der Waals surface area (Å²) in [5.41, 5.74) is 3.55. The molecule has 3 aromatic rings. The fourth-order valence-electron chi connectivity index (χ4n) is 3.96. The number of amides is 1. The first kappa shape index (κ1) is 17.7. The zero-order valence-electron chi connectivity index (χ0n) is 15.4. The Kier molecular flexibility index (Phi) is 4.44. The van der Waals surface area contributed by atoms with Gasteiger partial charge in [0.15, 0.2) is 4.77 Å². The van der Waals surface area contributed by atoms with Crippen LogP contribution in [0.4, 0.5) is 0 Å². The first-order valence-electron chi connectivity index (χ1n) is 9.13. The number of H-pyrrole nitrogens is 1. The van der Waals surface area contributed by atoms with Crippen LogP contribution in [0.3, 0.4) is 0 Å². The lowest BCUT2D eigenvalue weighted by Crippen LogP contribution is -2.30. The van der Waals surface area contributed by atoms with E-state index < -0.39 is 0 Å². The second kappa shape index (κ2) is 6.78. The van der Waals surface area contributed by atoms with E-state index in [2.05, 4.69) is 17.1 Å². The maximum absolute atomic E-state index is 13.1. The van der Waals surface area contributed by atoms with Gasteiger partial charge >= 0.3 is 0 Å². The van der Waals surface area contributed by atoms with Crippen LogP contribution in [0.25, 0.3) is 10.9 Å². The molecule has 1 aromatic heterocycles. The molecule has 1 N–H and O–H groups in total. The Morgan fingerprint density at radius 2 is 2.07 bits per heavy atom. The van der Waals surface area contributed by atoms with E-state index in [4.69, 9.17) is 12.2 Å². The van der Waals surface area contributed by atoms with Crippen molar-refractivity contribution in [2.45, 2.75) is 32.4 Å². The lowest BCUT2D eigenvalue weighted by molar-refractivity contribution is 0.0730. The van der Waals surface area contributed by atoms with Gasteiger partial charge in [0.25, 0.3) is 11.5 Å². The summed E-state index contributed by atoms with van der Waals surface area (Å²) in [6.45, 7) is 2.39. The number of aromatic amines is 1. The maximum Gasteiger partial charge on any atom is 0.262 e. The topological polar surface area (TPSA) is 58.1 Å². The van der Waals surface area contributed by atoms with Crippen molar-refractivity contribution in [2.24, 2.45) is 0 Å². The van der Waals surface area contributed by atoms with Crippen molar-refractivity contribution in [1.82, 2.24) is 14.5 Å². The second-order valence-corrected chi connectivity index (χ2v) is 7.30. The lowest BCUT2D eigenvalue weighted by Gasteiger charge is -2.25. The van der Waals surface area contributed by atoms with Crippen LogP contribution >= 0.6 is 12.2 Å². The van der Waals surface area contributed by atoms with E-state index in [1.165, 1.54) is 15.7 Å². The fourth-order valence-corrected chi connectivity index (χ4v) is 4.28. The fraction of sp³-hybridized carbons (Fsp3) is 0.286. The molecule has 0 unspecified atom stereocenters. The van der Waals surface area contributed by atoms with Crippen molar-refractivity contribution in [2.75, 3.05) is 7.05 Å². The summed E-state index contributed by atoms with van der Waals surface area (Å²) in [4.78, 5) is 30.5. The lowest BCUT2D eigenvalue weighted by atomic mass is 10.1. The van der Waals surface area contributed by atoms with E-state index in [-0.39, 0.29) is 17.5 Å². The normalized spacial score (nSPS) is 15.7. The number of carbonyl (C=O) groups excluding carboxylic acids is 1. The standard InChI is InChI=1S/C21H21N3O2S/c1-3-24-20(26)16-10-8-14(12-17(16)22-21(24)27)19(25)23(2)18-11-9-13-6-4-5-7-15(13)18/h4-8,10,12,18H,3,9,11H2,1-2H3,(H,22,27)/t18-/m1/s1. The summed E-state index contributed by atoms with van der Waals surface area (Å²) in [7, 11) is 1.84. The average molecular weight is 379 g/mol. The molecule has 0 bridgehead atoms. The minimum atomic E-state index is -0.131. The first-order chi connectivity index (χ1) is 13.0. The van der Waals surface area contributed by atoms with Crippen molar-refractivity contribution in [3.63, 3.8) is 0 Å². The highest BCUT2D eigenvalue weighted by Gasteiger charge is 2.28. The smallest absolute Gasteiger partial charge is 0.262 e. The molecule has 1 amide bonds. The van der Waals surface area contributed by atoms with Gasteiger partial charge in [0.2, 0.25) is 0 Å². The average Bonchev–Trinajstić information content (AvgIpc) is 3.11. The summed E-state index contributed by atoms with van der Waals surface area (Å²) in [5, 5.41) is 0.538. The number of aromatic nitrogens is 2. The number of hydrogen-bond acceptors (Lipinski definition) is 3. The van der Waals surface area contributed by atoms with Crippen LogP contribution in [0.5, 0.6) is 0 Å². The van der Waals surface area contributed by atoms with Crippen molar-refractivity contribution in [3.05, 3.63) is 74.3 Å². The summed E-state index contributed by atoms with van der Waals surface area (Å²) in [6.07, 6.45) is 1.92. The third-order valence-corrected chi connectivity index (χ3v) is 5.76. The third-order valence-electron chi connectivity index (χ3n) is 5.43. The van der Waals surface area contributed by atoms with E-state index in [0.717, 1.165) is 12.8 Å². The number of fused-ring (bicyclic) bond motifs is 2. The SMILES string of the molecule is CCn1c(=S)[nH]c2cc(C(=O)N(C)[C@@H]3CCc4ccccc43)ccc2c1=O. The van der Waals surface area contributed by atoms with Gasteiger partial charge in [0.1, 0.15) is 0 Å². The predicted molar refractivity (Wildman–Crippen MR) is 109 cm³/mol. The Balaban J connectivity index is 1.71. The van der Waals surface area contributed by atoms with E-state index in [0.29, 0.717) is 27.8 Å². The number of nitrogens with zero attached hydrogens (tertiary/aromatic N) is 2. The monoisotopic (exact) mass is 379 g/mol. The van der Waals surface area contributed by atoms with Crippen LogP contribution in [0.1, 0.15) is 40.9 Å². The number of benzene rings is 2. The highest BCUT2D eigenvalue weighted by atomic mass is 32.1. The molecule has 0 spiro atoms. The van der Waals surface area contributed by atoms with E-state index in [1.54, 1.807) is 23.1 Å². The van der Waals surface area contributed by atoms with Crippen LogP contribution in [0.15, 0.2) is 47.3 Å². The minimum absolute atomic E-state index is 0.0578. The summed E-state index contributed by atoms with van der Waals surface area (Å²) in [5.74, 6) is -0.0578. The predicted octanol–water partition coefficient (Wildman–Crippen LogP) is 3.84. The van der Waals surface area contributed by atoms with Crippen LogP contribution < -0.4 is 5.56 Å². The van der Waals surface area contributed by atoms with Crippen LogP contribution in [0.2, 0.25) is 0 Å². The van der Waals surface area contributed by atoms with Gasteiger partial charge in [-0.3, -0.25) is 14.2 Å². The molecule has 138 valence electrons. The molecule has 1 atom stereocenters. The molecule has 27 heavy (non-hydrogen) atoms. The molecule has 0 fully saturated rings. The van der Waals surface area contributed by atoms with Gasteiger partial charge in [-0.15, -0.1) is 0 Å². The van der Waals surface area contributed by atoms with Gasteiger partial charge in [-0.05, 0) is 61.3 Å². The molecule has 1 heterocycles. The number of nitrogens with one attached hydrogen (secondary N) is 1. The van der Waals surface area contributed by atoms with E-state index >= 15 is 0 Å². The van der Waals surface area contributed by atoms with Crippen LogP contribution in [0, 0.1) is 4.77 Å². The van der Waals surface area contributed by atoms with Gasteiger partial charge in [0.05, 0.1) is 16.9 Å². The molecule has 4 rings (SSSR count). The number of rotatable bonds is 3. The summed E-state index contributed by atoms with van der Waals surface area (Å²) < 4.78 is 1.89. The van der Waals surface area contributed by atoms with Gasteiger partial charge in [-0.2, -0.15) is 0 Å². The van der Waals surface area contributed by atoms with E-state index in [9.17, 15) is 9.59 Å². The summed E-state index contributed by atoms with van der Waals surface area (Å²) in [6, 6.07) is 13.5. The Bertz CT molecular complexity index is 1160. The molecule has 0 aliphatic heterocycles. The van der Waals surface area contributed by atoms with E-state index in [1.807, 2.05) is 26.1 Å². The van der Waals surface area contributed by atoms with Gasteiger partial charge in [0, 0.05) is 19.2 Å². The zero-order valence-corrected chi connectivity index (χ0v) is 16.2. The molecule has 0 saturated carbocycles. The van der Waals surface area contributed by atoms with Crippen molar-refractivity contribution in [1.29, 1.82) is 0 Å². The molecular weight excluding hydrogens is 358 g/mol. The Morgan fingerprint density at radius 1 is 1.30 bits per heavy atom. The Hall–Kier alpha value is -2.73. The quantitative estimate of drug-likeness (QED) is 0.704. The zero-order chi connectivity index (χ0) is 19.1. The highest BCUT2D eigenvalue weighted by molar-refractivity contribution is 7.71. The Labute approximate surface area is 162 Å². The number of aryl methyl sites for hydroxylation is 1. The molecule has 0 saturated heterocycles. The number of hydrogen-bond donors (Lipinski definition) is 1.